The summed E-state index contributed by atoms with van der Waals surface area (Å²) in [4.78, 5) is 1.15. The number of aliphatic hydroxyl groups excluding tert-OH is 1. The fourth-order valence-electron chi connectivity index (χ4n) is 2.34. The Labute approximate surface area is 153 Å². The number of thioether (sulfide) groups is 1. The predicted octanol–water partition coefficient (Wildman–Crippen LogP) is 3.05. The second-order valence-electron chi connectivity index (χ2n) is 5.73. The van der Waals surface area contributed by atoms with Gasteiger partial charge in [-0.1, -0.05) is 12.1 Å². The average Bonchev–Trinajstić information content (AvgIpc) is 2.61. The van der Waals surface area contributed by atoms with Gasteiger partial charge in [0.25, 0.3) is 0 Å². The molecular weight excluding hydrogens is 358 g/mol. The van der Waals surface area contributed by atoms with Gasteiger partial charge >= 0.3 is 0 Å². The lowest BCUT2D eigenvalue weighted by Gasteiger charge is -2.16. The Morgan fingerprint density at radius 2 is 1.76 bits per heavy atom. The molecule has 2 aromatic carbocycles. The number of ether oxygens (including phenoxy) is 1. The van der Waals surface area contributed by atoms with Crippen LogP contribution in [0.3, 0.4) is 0 Å². The number of sulfonamides is 1. The van der Waals surface area contributed by atoms with Gasteiger partial charge < -0.3 is 9.84 Å². The molecular formula is C18H23NO4S2. The molecule has 0 aliphatic heterocycles. The van der Waals surface area contributed by atoms with Gasteiger partial charge in [0.2, 0.25) is 10.0 Å². The van der Waals surface area contributed by atoms with Crippen molar-refractivity contribution in [3.63, 3.8) is 0 Å². The molecule has 25 heavy (non-hydrogen) atoms. The monoisotopic (exact) mass is 381 g/mol. The first kappa shape index (κ1) is 19.8. The second-order valence-corrected chi connectivity index (χ2v) is 8.34. The molecule has 0 radical (unpaired) electrons. The normalized spacial score (nSPS) is 12.8. The Hall–Kier alpha value is -1.54. The van der Waals surface area contributed by atoms with Crippen molar-refractivity contribution in [1.82, 2.24) is 4.72 Å². The van der Waals surface area contributed by atoms with Gasteiger partial charge in [0.05, 0.1) is 13.2 Å². The van der Waals surface area contributed by atoms with E-state index >= 15 is 0 Å². The van der Waals surface area contributed by atoms with Crippen LogP contribution in [0.15, 0.2) is 46.2 Å². The van der Waals surface area contributed by atoms with E-state index in [1.165, 1.54) is 7.11 Å². The van der Waals surface area contributed by atoms with Crippen molar-refractivity contribution in [2.75, 3.05) is 19.9 Å². The smallest absolute Gasteiger partial charge is 0.244 e. The maximum Gasteiger partial charge on any atom is 0.244 e. The van der Waals surface area contributed by atoms with Crippen molar-refractivity contribution in [1.29, 1.82) is 0 Å². The highest BCUT2D eigenvalue weighted by atomic mass is 32.2. The number of methoxy groups -OCH3 is 1. The lowest BCUT2D eigenvalue weighted by atomic mass is 10.1. The summed E-state index contributed by atoms with van der Waals surface area (Å²) in [5.41, 5.74) is 2.46. The molecule has 0 fully saturated rings. The molecule has 5 nitrogen and oxygen atoms in total. The fourth-order valence-corrected chi connectivity index (χ4v) is 4.02. The maximum atomic E-state index is 12.6. The first-order valence-electron chi connectivity index (χ1n) is 7.75. The van der Waals surface area contributed by atoms with Crippen molar-refractivity contribution >= 4 is 21.8 Å². The van der Waals surface area contributed by atoms with Crippen LogP contribution in [0, 0.1) is 13.8 Å². The molecule has 2 aromatic rings. The lowest BCUT2D eigenvalue weighted by Crippen LogP contribution is -2.29. The summed E-state index contributed by atoms with van der Waals surface area (Å²) in [6.45, 7) is 3.62. The third kappa shape index (κ3) is 4.76. The van der Waals surface area contributed by atoms with Crippen molar-refractivity contribution in [2.45, 2.75) is 29.7 Å². The molecule has 2 N–H and O–H groups in total. The zero-order valence-electron chi connectivity index (χ0n) is 14.7. The molecule has 0 amide bonds. The Balaban J connectivity index is 2.17. The molecule has 0 heterocycles. The molecule has 1 atom stereocenters. The van der Waals surface area contributed by atoms with Gasteiger partial charge in [-0.15, -0.1) is 11.8 Å². The van der Waals surface area contributed by atoms with Crippen molar-refractivity contribution in [3.05, 3.63) is 53.1 Å². The van der Waals surface area contributed by atoms with Crippen LogP contribution >= 0.6 is 11.8 Å². The molecule has 0 aromatic heterocycles. The average molecular weight is 382 g/mol. The first-order chi connectivity index (χ1) is 11.8. The summed E-state index contributed by atoms with van der Waals surface area (Å²) < 4.78 is 32.9. The number of rotatable bonds is 7. The molecule has 136 valence electrons. The largest absolute Gasteiger partial charge is 0.495 e. The third-order valence-electron chi connectivity index (χ3n) is 4.04. The van der Waals surface area contributed by atoms with Gasteiger partial charge in [-0.05, 0) is 61.1 Å². The summed E-state index contributed by atoms with van der Waals surface area (Å²) in [6.07, 6.45) is 1.04. The van der Waals surface area contributed by atoms with E-state index < -0.39 is 16.1 Å². The van der Waals surface area contributed by atoms with Crippen LogP contribution in [0.5, 0.6) is 5.75 Å². The minimum atomic E-state index is -3.80. The van der Waals surface area contributed by atoms with Crippen LogP contribution < -0.4 is 9.46 Å². The molecule has 0 saturated heterocycles. The highest BCUT2D eigenvalue weighted by Gasteiger charge is 2.22. The number of hydrogen-bond donors (Lipinski definition) is 2. The number of benzene rings is 2. The number of nitrogens with one attached hydrogen (secondary N) is 1. The van der Waals surface area contributed by atoms with Crippen LogP contribution in [0.2, 0.25) is 0 Å². The van der Waals surface area contributed by atoms with Crippen molar-refractivity contribution in [3.8, 4) is 5.75 Å². The van der Waals surface area contributed by atoms with Crippen LogP contribution in [0.1, 0.15) is 22.8 Å². The molecule has 1 unspecified atom stereocenters. The van der Waals surface area contributed by atoms with E-state index in [1.54, 1.807) is 36.0 Å². The summed E-state index contributed by atoms with van der Waals surface area (Å²) in [5, 5.41) is 10.3. The summed E-state index contributed by atoms with van der Waals surface area (Å²) in [7, 11) is -2.36. The second kappa shape index (κ2) is 8.23. The zero-order chi connectivity index (χ0) is 18.6. The highest BCUT2D eigenvalue weighted by Crippen LogP contribution is 2.27. The van der Waals surface area contributed by atoms with Gasteiger partial charge in [0, 0.05) is 11.4 Å². The van der Waals surface area contributed by atoms with E-state index in [9.17, 15) is 13.5 Å². The van der Waals surface area contributed by atoms with Gasteiger partial charge in [-0.2, -0.15) is 0 Å². The SMILES string of the molecule is COc1cc(C)c(C)cc1S(=O)(=O)NCC(O)c1ccc(SC)cc1. The molecule has 2 rings (SSSR count). The Kier molecular flexibility index (Phi) is 6.51. The van der Waals surface area contributed by atoms with E-state index in [4.69, 9.17) is 4.74 Å². The molecule has 0 bridgehead atoms. The van der Waals surface area contributed by atoms with Crippen LogP contribution in [0.25, 0.3) is 0 Å². The van der Waals surface area contributed by atoms with Crippen molar-refractivity contribution < 1.29 is 18.3 Å². The fraction of sp³-hybridized carbons (Fsp3) is 0.333. The van der Waals surface area contributed by atoms with E-state index in [0.29, 0.717) is 5.56 Å². The first-order valence-corrected chi connectivity index (χ1v) is 10.5. The molecule has 0 saturated carbocycles. The molecule has 0 aliphatic carbocycles. The third-order valence-corrected chi connectivity index (χ3v) is 6.23. The van der Waals surface area contributed by atoms with Crippen molar-refractivity contribution in [2.24, 2.45) is 0 Å². The van der Waals surface area contributed by atoms with E-state index in [-0.39, 0.29) is 17.2 Å². The molecule has 0 spiro atoms. The zero-order valence-corrected chi connectivity index (χ0v) is 16.4. The number of hydrogen-bond acceptors (Lipinski definition) is 5. The summed E-state index contributed by atoms with van der Waals surface area (Å²) >= 11 is 1.60. The molecule has 0 aliphatic rings. The lowest BCUT2D eigenvalue weighted by molar-refractivity contribution is 0.182. The minimum absolute atomic E-state index is 0.0723. The van der Waals surface area contributed by atoms with E-state index in [1.807, 2.05) is 32.2 Å². The van der Waals surface area contributed by atoms with E-state index in [0.717, 1.165) is 16.0 Å². The number of aliphatic hydroxyl groups is 1. The summed E-state index contributed by atoms with van der Waals surface area (Å²) in [5.74, 6) is 0.286. The Morgan fingerprint density at radius 3 is 2.32 bits per heavy atom. The Morgan fingerprint density at radius 1 is 1.16 bits per heavy atom. The minimum Gasteiger partial charge on any atom is -0.495 e. The van der Waals surface area contributed by atoms with Gasteiger partial charge in [0.1, 0.15) is 10.6 Å². The van der Waals surface area contributed by atoms with Gasteiger partial charge in [-0.25, -0.2) is 13.1 Å². The predicted molar refractivity (Wildman–Crippen MR) is 101 cm³/mol. The van der Waals surface area contributed by atoms with Gasteiger partial charge in [-0.3, -0.25) is 0 Å². The van der Waals surface area contributed by atoms with E-state index in [2.05, 4.69) is 4.72 Å². The highest BCUT2D eigenvalue weighted by molar-refractivity contribution is 7.98. The standard InChI is InChI=1S/C18H23NO4S2/c1-12-9-17(23-3)18(10-13(12)2)25(21,22)19-11-16(20)14-5-7-15(24-4)8-6-14/h5-10,16,19-20H,11H2,1-4H3. The quantitative estimate of drug-likeness (QED) is 0.721. The van der Waals surface area contributed by atoms with Crippen LogP contribution in [0.4, 0.5) is 0 Å². The van der Waals surface area contributed by atoms with Gasteiger partial charge in [0.15, 0.2) is 0 Å². The Bertz CT molecular complexity index is 833. The topological polar surface area (TPSA) is 75.6 Å². The molecule has 7 heteroatoms. The maximum absolute atomic E-state index is 12.6. The van der Waals surface area contributed by atoms with Crippen LogP contribution in [-0.2, 0) is 10.0 Å². The summed E-state index contributed by atoms with van der Waals surface area (Å²) in [6, 6.07) is 10.6. The number of aryl methyl sites for hydroxylation is 2. The van der Waals surface area contributed by atoms with Crippen LogP contribution in [-0.4, -0.2) is 33.4 Å².